The fourth-order valence-corrected chi connectivity index (χ4v) is 11.0. The number of hydrogen-bond donors (Lipinski definition) is 4. The monoisotopic (exact) mass is 691 g/mol. The van der Waals surface area contributed by atoms with E-state index in [1.165, 1.54) is 6.42 Å². The predicted octanol–water partition coefficient (Wildman–Crippen LogP) is 4.09. The smallest absolute Gasteiger partial charge is 0.240 e. The molecule has 14 atom stereocenters. The molecule has 0 aromatic heterocycles. The molecule has 2 amide bonds. The predicted molar refractivity (Wildman–Crippen MR) is 191 cm³/mol. The van der Waals surface area contributed by atoms with E-state index in [9.17, 15) is 19.8 Å². The molecule has 0 aromatic carbocycles. The van der Waals surface area contributed by atoms with Gasteiger partial charge in [0.25, 0.3) is 0 Å². The summed E-state index contributed by atoms with van der Waals surface area (Å²) in [5.74, 6) is 2.46. The van der Waals surface area contributed by atoms with Crippen LogP contribution >= 0.6 is 0 Å². The van der Waals surface area contributed by atoms with Gasteiger partial charge in [0.15, 0.2) is 0 Å². The van der Waals surface area contributed by atoms with Crippen LogP contribution in [0.4, 0.5) is 0 Å². The summed E-state index contributed by atoms with van der Waals surface area (Å²) in [7, 11) is 6.06. The lowest BCUT2D eigenvalue weighted by Gasteiger charge is -2.62. The summed E-state index contributed by atoms with van der Waals surface area (Å²) in [6.45, 7) is 14.0. The van der Waals surface area contributed by atoms with Crippen LogP contribution in [-0.2, 0) is 19.2 Å². The third kappa shape index (κ3) is 8.20. The van der Waals surface area contributed by atoms with Crippen molar-refractivity contribution in [2.45, 2.75) is 136 Å². The second-order valence-corrected chi connectivity index (χ2v) is 18.1. The Morgan fingerprint density at radius 1 is 1.06 bits per heavy atom. The third-order valence-electron chi connectivity index (χ3n) is 14.2. The molecule has 49 heavy (non-hydrogen) atoms. The van der Waals surface area contributed by atoms with Crippen LogP contribution in [0.15, 0.2) is 0 Å². The van der Waals surface area contributed by atoms with E-state index in [0.717, 1.165) is 57.9 Å². The SMILES string of the molecule is COC1C(CN2O[C@@H](CO)[C@@H]([C@H](C)O)[C@H]2C(=O)N[C@H]2C[C@H]3C[C@@H]([C@@H]2C)C3(C)C)CCCC1C1CC(C(=O)NCCC(C)C)CC(N(C)C)C1. The van der Waals surface area contributed by atoms with Crippen LogP contribution in [-0.4, -0.2) is 109 Å². The highest BCUT2D eigenvalue weighted by atomic mass is 16.7. The van der Waals surface area contributed by atoms with E-state index in [-0.39, 0.29) is 42.4 Å². The lowest BCUT2D eigenvalue weighted by atomic mass is 9.45. The Balaban J connectivity index is 1.31. The number of hydrogen-bond acceptors (Lipinski definition) is 8. The molecule has 0 radical (unpaired) electrons. The van der Waals surface area contributed by atoms with Gasteiger partial charge < -0.3 is 30.5 Å². The van der Waals surface area contributed by atoms with Crippen LogP contribution in [0.25, 0.3) is 0 Å². The second-order valence-electron chi connectivity index (χ2n) is 18.1. The van der Waals surface area contributed by atoms with Crippen LogP contribution in [0.1, 0.15) is 99.3 Å². The van der Waals surface area contributed by atoms with E-state index in [1.807, 2.05) is 0 Å². The number of methoxy groups -OCH3 is 1. The summed E-state index contributed by atoms with van der Waals surface area (Å²) in [5, 5.41) is 29.7. The van der Waals surface area contributed by atoms with Gasteiger partial charge in [-0.1, -0.05) is 41.0 Å². The highest BCUT2D eigenvalue weighted by molar-refractivity contribution is 5.83. The number of aliphatic hydroxyl groups excluding tert-OH is 2. The van der Waals surface area contributed by atoms with Crippen molar-refractivity contribution in [3.05, 3.63) is 0 Å². The van der Waals surface area contributed by atoms with Gasteiger partial charge in [0.05, 0.1) is 18.8 Å². The van der Waals surface area contributed by atoms with Crippen molar-refractivity contribution in [2.75, 3.05) is 40.9 Å². The number of nitrogens with zero attached hydrogens (tertiary/aromatic N) is 2. The fourth-order valence-electron chi connectivity index (χ4n) is 11.0. The maximum absolute atomic E-state index is 14.2. The molecule has 6 unspecified atom stereocenters. The first-order chi connectivity index (χ1) is 23.2. The molecule has 2 bridgehead atoms. The average Bonchev–Trinajstić information content (AvgIpc) is 3.43. The molecular weight excluding hydrogens is 620 g/mol. The van der Waals surface area contributed by atoms with Gasteiger partial charge >= 0.3 is 0 Å². The molecule has 6 rings (SSSR count). The molecular formula is C39H70N4O6. The van der Waals surface area contributed by atoms with Crippen LogP contribution < -0.4 is 10.6 Å². The van der Waals surface area contributed by atoms with Gasteiger partial charge in [-0.2, -0.15) is 5.06 Å². The van der Waals surface area contributed by atoms with Gasteiger partial charge in [0, 0.05) is 50.0 Å². The number of aliphatic hydroxyl groups is 2. The Kier molecular flexibility index (Phi) is 12.8. The van der Waals surface area contributed by atoms with Crippen LogP contribution in [0.5, 0.6) is 0 Å². The molecule has 1 aliphatic heterocycles. The average molecular weight is 691 g/mol. The Labute approximate surface area is 296 Å². The summed E-state index contributed by atoms with van der Waals surface area (Å²) < 4.78 is 6.36. The molecule has 5 aliphatic carbocycles. The maximum Gasteiger partial charge on any atom is 0.240 e. The first-order valence-electron chi connectivity index (χ1n) is 19.7. The van der Waals surface area contributed by atoms with Gasteiger partial charge in [-0.3, -0.25) is 14.4 Å². The van der Waals surface area contributed by atoms with Gasteiger partial charge in [0.2, 0.25) is 11.8 Å². The molecule has 0 spiro atoms. The van der Waals surface area contributed by atoms with Crippen LogP contribution in [0.2, 0.25) is 0 Å². The zero-order valence-electron chi connectivity index (χ0n) is 32.1. The van der Waals surface area contributed by atoms with Crippen molar-refractivity contribution in [1.29, 1.82) is 0 Å². The summed E-state index contributed by atoms with van der Waals surface area (Å²) in [5.41, 5.74) is 0.322. The minimum atomic E-state index is -0.819. The Bertz CT molecular complexity index is 1120. The zero-order valence-corrected chi connectivity index (χ0v) is 32.1. The Morgan fingerprint density at radius 3 is 2.39 bits per heavy atom. The number of carbonyl (C=O) groups is 2. The van der Waals surface area contributed by atoms with Crippen molar-refractivity contribution >= 4 is 11.8 Å². The quantitative estimate of drug-likeness (QED) is 0.228. The van der Waals surface area contributed by atoms with E-state index < -0.39 is 24.2 Å². The van der Waals surface area contributed by atoms with Gasteiger partial charge in [-0.05, 0) is 113 Å². The molecule has 1 heterocycles. The van der Waals surface area contributed by atoms with Gasteiger partial charge in [-0.15, -0.1) is 0 Å². The first kappa shape index (κ1) is 38.9. The molecule has 10 heteroatoms. The number of ether oxygens (including phenoxy) is 1. The summed E-state index contributed by atoms with van der Waals surface area (Å²) >= 11 is 0. The van der Waals surface area contributed by atoms with Crippen LogP contribution in [0, 0.1) is 58.7 Å². The fraction of sp³-hybridized carbons (Fsp3) is 0.949. The molecule has 6 aliphatic rings. The standard InChI is InChI=1S/C39H70N4O6/c1-22(2)13-14-40-37(46)27-15-26(16-29(17-27)42(7)8)30-12-10-11-25(36(30)48-9)20-43-35(34(24(4)45)33(21-44)49-43)38(47)41-32-19-28-18-31(23(32)3)39(28,5)6/h22-36,44-45H,10-21H2,1-9H3,(H,40,46)(H,41,47)/t23-,24-,25?,26?,27?,28+,29?,30?,31-,32-,33-,34+,35-,36?/m0/s1. The van der Waals surface area contributed by atoms with Crippen LogP contribution in [0.3, 0.4) is 0 Å². The molecule has 4 N–H and O–H groups in total. The number of fused-ring (bicyclic) bond motifs is 2. The lowest BCUT2D eigenvalue weighted by Crippen LogP contribution is -2.62. The van der Waals surface area contributed by atoms with Crippen molar-refractivity contribution in [3.63, 3.8) is 0 Å². The topological polar surface area (TPSA) is 124 Å². The highest BCUT2D eigenvalue weighted by Crippen LogP contribution is 2.61. The van der Waals surface area contributed by atoms with E-state index in [1.54, 1.807) is 19.1 Å². The van der Waals surface area contributed by atoms with Crippen molar-refractivity contribution in [3.8, 4) is 0 Å². The number of rotatable bonds is 13. The van der Waals surface area contributed by atoms with Crippen molar-refractivity contribution in [1.82, 2.24) is 20.6 Å². The minimum Gasteiger partial charge on any atom is -0.394 e. The summed E-state index contributed by atoms with van der Waals surface area (Å²) in [6, 6.07) is -0.255. The van der Waals surface area contributed by atoms with Crippen molar-refractivity contribution in [2.24, 2.45) is 58.7 Å². The number of carbonyl (C=O) groups excluding carboxylic acids is 2. The Hall–Kier alpha value is -1.30. The van der Waals surface area contributed by atoms with E-state index >= 15 is 0 Å². The molecule has 6 fully saturated rings. The molecule has 282 valence electrons. The van der Waals surface area contributed by atoms with Crippen molar-refractivity contribution < 1.29 is 29.4 Å². The first-order valence-corrected chi connectivity index (χ1v) is 19.7. The third-order valence-corrected chi connectivity index (χ3v) is 14.2. The largest absolute Gasteiger partial charge is 0.394 e. The highest BCUT2D eigenvalue weighted by Gasteiger charge is 2.58. The Morgan fingerprint density at radius 2 is 1.80 bits per heavy atom. The second kappa shape index (κ2) is 16.2. The lowest BCUT2D eigenvalue weighted by molar-refractivity contribution is -0.193. The number of nitrogens with one attached hydrogen (secondary N) is 2. The summed E-state index contributed by atoms with van der Waals surface area (Å²) in [6.07, 6.45) is 7.55. The minimum absolute atomic E-state index is 0.0120. The molecule has 1 saturated heterocycles. The number of amides is 2. The van der Waals surface area contributed by atoms with Gasteiger partial charge in [-0.25, -0.2) is 0 Å². The summed E-state index contributed by atoms with van der Waals surface area (Å²) in [4.78, 5) is 36.3. The van der Waals surface area contributed by atoms with E-state index in [4.69, 9.17) is 9.57 Å². The molecule has 5 saturated carbocycles. The zero-order chi connectivity index (χ0) is 35.8. The number of hydroxylamine groups is 2. The normalized spacial score (nSPS) is 41.4. The maximum atomic E-state index is 14.2. The van der Waals surface area contributed by atoms with E-state index in [0.29, 0.717) is 53.5 Å². The van der Waals surface area contributed by atoms with E-state index in [2.05, 4.69) is 64.2 Å². The molecule has 10 nitrogen and oxygen atoms in total. The molecule has 0 aromatic rings. The van der Waals surface area contributed by atoms with Gasteiger partial charge in [0.1, 0.15) is 12.1 Å².